The second-order valence-corrected chi connectivity index (χ2v) is 5.81. The average Bonchev–Trinajstić information content (AvgIpc) is 2.52. The minimum absolute atomic E-state index is 0.943. The van der Waals surface area contributed by atoms with Crippen LogP contribution < -0.4 is 0 Å². The van der Waals surface area contributed by atoms with Gasteiger partial charge in [0.1, 0.15) is 6.54 Å². The quantitative estimate of drug-likeness (QED) is 0.665. The van der Waals surface area contributed by atoms with E-state index in [0.29, 0.717) is 0 Å². The monoisotopic (exact) mass is 216 g/mol. The van der Waals surface area contributed by atoms with Crippen LogP contribution in [0.1, 0.15) is 37.7 Å². The van der Waals surface area contributed by atoms with E-state index in [1.54, 1.807) is 0 Å². The summed E-state index contributed by atoms with van der Waals surface area (Å²) in [6, 6.07) is 12.9. The molecule has 2 saturated heterocycles. The highest BCUT2D eigenvalue weighted by molar-refractivity contribution is 5.13. The normalized spacial score (nSPS) is 37.6. The molecule has 0 spiro atoms. The van der Waals surface area contributed by atoms with Crippen LogP contribution in [0.2, 0.25) is 0 Å². The highest BCUT2D eigenvalue weighted by atomic mass is 15.4. The van der Waals surface area contributed by atoms with Crippen molar-refractivity contribution in [2.45, 2.75) is 50.7 Å². The van der Waals surface area contributed by atoms with Crippen molar-refractivity contribution < 1.29 is 4.48 Å². The Morgan fingerprint density at radius 3 is 2.25 bits per heavy atom. The van der Waals surface area contributed by atoms with Gasteiger partial charge in [0.25, 0.3) is 0 Å². The Hall–Kier alpha value is -0.820. The van der Waals surface area contributed by atoms with Gasteiger partial charge in [0, 0.05) is 18.4 Å². The molecule has 16 heavy (non-hydrogen) atoms. The van der Waals surface area contributed by atoms with Gasteiger partial charge in [0.2, 0.25) is 0 Å². The molecule has 2 fully saturated rings. The van der Waals surface area contributed by atoms with Crippen molar-refractivity contribution in [1.29, 1.82) is 0 Å². The molecule has 2 heterocycles. The van der Waals surface area contributed by atoms with Gasteiger partial charge in [-0.2, -0.15) is 0 Å². The lowest BCUT2D eigenvalue weighted by Gasteiger charge is -2.44. The average molecular weight is 216 g/mol. The van der Waals surface area contributed by atoms with Crippen molar-refractivity contribution in [3.8, 4) is 0 Å². The summed E-state index contributed by atoms with van der Waals surface area (Å²) in [5.74, 6) is 0. The van der Waals surface area contributed by atoms with Crippen LogP contribution in [-0.4, -0.2) is 23.6 Å². The summed E-state index contributed by atoms with van der Waals surface area (Å²) >= 11 is 0. The summed E-state index contributed by atoms with van der Waals surface area (Å²) in [6.45, 7) is 1.25. The molecule has 0 saturated carbocycles. The molecule has 1 aromatic carbocycles. The fraction of sp³-hybridized carbons (Fsp3) is 0.600. The van der Waals surface area contributed by atoms with Gasteiger partial charge in [-0.3, -0.25) is 0 Å². The number of rotatable bonds is 2. The lowest BCUT2D eigenvalue weighted by molar-refractivity contribution is -0.960. The minimum atomic E-state index is 0.943. The van der Waals surface area contributed by atoms with Gasteiger partial charge in [0.05, 0.1) is 19.1 Å². The first-order chi connectivity index (χ1) is 7.79. The number of piperidine rings is 1. The lowest BCUT2D eigenvalue weighted by Crippen LogP contribution is -2.54. The van der Waals surface area contributed by atoms with E-state index in [9.17, 15) is 0 Å². The molecule has 1 nitrogen and oxygen atoms in total. The van der Waals surface area contributed by atoms with Crippen LogP contribution in [0, 0.1) is 0 Å². The van der Waals surface area contributed by atoms with Crippen LogP contribution in [0.4, 0.5) is 0 Å². The largest absolute Gasteiger partial charge is 0.317 e. The van der Waals surface area contributed by atoms with Crippen LogP contribution in [0.15, 0.2) is 30.3 Å². The van der Waals surface area contributed by atoms with E-state index in [1.807, 2.05) is 0 Å². The second-order valence-electron chi connectivity index (χ2n) is 5.81. The molecule has 2 aliphatic heterocycles. The standard InChI is InChI=1S/C15H22N/c1-16(12-13-6-3-2-4-7-13)14-8-5-9-15(16)11-10-14/h2-4,6-7,14-15H,5,8-12H2,1H3/q+1/t14-,15+,16?. The van der Waals surface area contributed by atoms with Gasteiger partial charge < -0.3 is 4.48 Å². The van der Waals surface area contributed by atoms with Crippen molar-refractivity contribution in [2.24, 2.45) is 0 Å². The van der Waals surface area contributed by atoms with Crippen LogP contribution in [0.5, 0.6) is 0 Å². The molecule has 3 atom stereocenters. The third-order valence-corrected chi connectivity index (χ3v) is 4.94. The van der Waals surface area contributed by atoms with Gasteiger partial charge in [-0.15, -0.1) is 0 Å². The van der Waals surface area contributed by atoms with Gasteiger partial charge in [-0.05, 0) is 19.3 Å². The fourth-order valence-corrected chi connectivity index (χ4v) is 3.98. The highest BCUT2D eigenvalue weighted by Gasteiger charge is 2.48. The summed E-state index contributed by atoms with van der Waals surface area (Å²) in [4.78, 5) is 0. The third-order valence-electron chi connectivity index (χ3n) is 4.94. The minimum Gasteiger partial charge on any atom is -0.317 e. The van der Waals surface area contributed by atoms with Gasteiger partial charge in [-0.25, -0.2) is 0 Å². The van der Waals surface area contributed by atoms with Gasteiger partial charge in [-0.1, -0.05) is 30.3 Å². The zero-order chi connectivity index (χ0) is 11.0. The van der Waals surface area contributed by atoms with E-state index in [4.69, 9.17) is 0 Å². The van der Waals surface area contributed by atoms with E-state index in [-0.39, 0.29) is 0 Å². The van der Waals surface area contributed by atoms with Crippen molar-refractivity contribution in [3.63, 3.8) is 0 Å². The molecule has 1 heteroatoms. The van der Waals surface area contributed by atoms with E-state index in [0.717, 1.165) is 12.1 Å². The Morgan fingerprint density at radius 1 is 1.00 bits per heavy atom. The molecule has 0 radical (unpaired) electrons. The maximum Gasteiger partial charge on any atom is 0.105 e. The highest BCUT2D eigenvalue weighted by Crippen LogP contribution is 2.42. The molecule has 1 unspecified atom stereocenters. The Morgan fingerprint density at radius 2 is 1.62 bits per heavy atom. The van der Waals surface area contributed by atoms with E-state index in [1.165, 1.54) is 48.7 Å². The maximum absolute atomic E-state index is 2.49. The first kappa shape index (κ1) is 10.3. The number of benzene rings is 1. The molecular weight excluding hydrogens is 194 g/mol. The van der Waals surface area contributed by atoms with E-state index >= 15 is 0 Å². The topological polar surface area (TPSA) is 0 Å². The van der Waals surface area contributed by atoms with Crippen molar-refractivity contribution in [2.75, 3.05) is 7.05 Å². The number of nitrogens with zero attached hydrogens (tertiary/aromatic N) is 1. The van der Waals surface area contributed by atoms with Crippen LogP contribution in [0.25, 0.3) is 0 Å². The van der Waals surface area contributed by atoms with Crippen molar-refractivity contribution in [1.82, 2.24) is 0 Å². The SMILES string of the molecule is C[N+]1(Cc2ccccc2)[C@@H]2CCC[C@H]1CC2. The summed E-state index contributed by atoms with van der Waals surface area (Å²) < 4.78 is 1.32. The fourth-order valence-electron chi connectivity index (χ4n) is 3.98. The Labute approximate surface area is 98.7 Å². The summed E-state index contributed by atoms with van der Waals surface area (Å²) in [7, 11) is 2.49. The predicted octanol–water partition coefficient (Wildman–Crippen LogP) is 3.35. The molecule has 0 aromatic heterocycles. The molecule has 2 aliphatic rings. The third kappa shape index (κ3) is 1.58. The lowest BCUT2D eigenvalue weighted by atomic mass is 9.98. The van der Waals surface area contributed by atoms with E-state index in [2.05, 4.69) is 37.4 Å². The summed E-state index contributed by atoms with van der Waals surface area (Å²) in [6.07, 6.45) is 7.32. The van der Waals surface area contributed by atoms with Crippen LogP contribution >= 0.6 is 0 Å². The predicted molar refractivity (Wildman–Crippen MR) is 67.0 cm³/mol. The number of hydrogen-bond donors (Lipinski definition) is 0. The summed E-state index contributed by atoms with van der Waals surface area (Å²) in [5.41, 5.74) is 1.52. The molecule has 0 amide bonds. The number of hydrogen-bond acceptors (Lipinski definition) is 0. The molecular formula is C15H22N+. The molecule has 2 bridgehead atoms. The molecule has 1 aromatic rings. The molecule has 3 rings (SSSR count). The molecule has 0 aliphatic carbocycles. The molecule has 86 valence electrons. The van der Waals surface area contributed by atoms with Crippen LogP contribution in [0.3, 0.4) is 0 Å². The Balaban J connectivity index is 1.83. The molecule has 0 N–H and O–H groups in total. The zero-order valence-corrected chi connectivity index (χ0v) is 10.2. The van der Waals surface area contributed by atoms with E-state index < -0.39 is 0 Å². The first-order valence-corrected chi connectivity index (χ1v) is 6.68. The van der Waals surface area contributed by atoms with Crippen molar-refractivity contribution in [3.05, 3.63) is 35.9 Å². The first-order valence-electron chi connectivity index (χ1n) is 6.68. The van der Waals surface area contributed by atoms with Crippen molar-refractivity contribution >= 4 is 0 Å². The zero-order valence-electron chi connectivity index (χ0n) is 10.2. The second kappa shape index (κ2) is 3.89. The maximum atomic E-state index is 2.49. The number of fused-ring (bicyclic) bond motifs is 2. The van der Waals surface area contributed by atoms with Crippen LogP contribution in [-0.2, 0) is 6.54 Å². The summed E-state index contributed by atoms with van der Waals surface area (Å²) in [5, 5.41) is 0. The Kier molecular flexibility index (Phi) is 2.51. The Bertz CT molecular complexity index is 341. The van der Waals surface area contributed by atoms with Gasteiger partial charge >= 0.3 is 0 Å². The smallest absolute Gasteiger partial charge is 0.105 e. The van der Waals surface area contributed by atoms with Gasteiger partial charge in [0.15, 0.2) is 0 Å². The number of quaternary nitrogens is 1.